The summed E-state index contributed by atoms with van der Waals surface area (Å²) in [5, 5.41) is 4.82. The topological polar surface area (TPSA) is 132 Å². The van der Waals surface area contributed by atoms with Gasteiger partial charge < -0.3 is 25.6 Å². The molecule has 2 amide bonds. The molecule has 2 saturated carbocycles. The van der Waals surface area contributed by atoms with E-state index in [4.69, 9.17) is 10.5 Å². The lowest BCUT2D eigenvalue weighted by atomic mass is 9.94. The largest absolute Gasteiger partial charge is 0.495 e. The molecule has 3 heterocycles. The average Bonchev–Trinajstić information content (AvgIpc) is 3.88. The van der Waals surface area contributed by atoms with Crippen LogP contribution in [0.25, 0.3) is 0 Å². The monoisotopic (exact) mass is 607 g/mol. The Bertz CT molecular complexity index is 1290. The van der Waals surface area contributed by atoms with Crippen molar-refractivity contribution in [2.45, 2.75) is 70.4 Å². The first kappa shape index (κ1) is 31.9. The van der Waals surface area contributed by atoms with Crippen molar-refractivity contribution < 1.29 is 14.3 Å². The second-order valence-electron chi connectivity index (χ2n) is 12.3. The Labute approximate surface area is 261 Å². The third-order valence-corrected chi connectivity index (χ3v) is 9.34. The lowest BCUT2D eigenvalue weighted by molar-refractivity contribution is -0.120. The summed E-state index contributed by atoms with van der Waals surface area (Å²) < 4.78 is 5.33. The molecule has 0 radical (unpaired) electrons. The van der Waals surface area contributed by atoms with Gasteiger partial charge >= 0.3 is 0 Å². The highest BCUT2D eigenvalue weighted by Gasteiger charge is 2.37. The van der Waals surface area contributed by atoms with Crippen LogP contribution in [0, 0.1) is 5.92 Å². The smallest absolute Gasteiger partial charge is 0.251 e. The minimum Gasteiger partial charge on any atom is -0.495 e. The van der Waals surface area contributed by atoms with Crippen LogP contribution >= 0.6 is 0 Å². The predicted octanol–water partition coefficient (Wildman–Crippen LogP) is 3.37. The summed E-state index contributed by atoms with van der Waals surface area (Å²) in [5.74, 6) is 1.83. The summed E-state index contributed by atoms with van der Waals surface area (Å²) >= 11 is 0. The van der Waals surface area contributed by atoms with E-state index in [1.807, 2.05) is 6.92 Å². The zero-order chi connectivity index (χ0) is 31.2. The van der Waals surface area contributed by atoms with Gasteiger partial charge in [0.25, 0.3) is 5.91 Å². The van der Waals surface area contributed by atoms with Gasteiger partial charge in [-0.1, -0.05) is 26.2 Å². The number of aromatic nitrogens is 2. The number of nitrogens with zero attached hydrogens (tertiary/aromatic N) is 6. The number of hydrogen-bond acceptors (Lipinski definition) is 10. The Kier molecular flexibility index (Phi) is 10.5. The van der Waals surface area contributed by atoms with Gasteiger partial charge in [-0.15, -0.1) is 0 Å². The lowest BCUT2D eigenvalue weighted by Gasteiger charge is -2.40. The van der Waals surface area contributed by atoms with Crippen LogP contribution in [0.1, 0.15) is 68.6 Å². The molecule has 1 aromatic carbocycles. The second kappa shape index (κ2) is 14.5. The highest BCUT2D eigenvalue weighted by Crippen LogP contribution is 2.35. The maximum absolute atomic E-state index is 12.6. The molecule has 2 aliphatic heterocycles. The van der Waals surface area contributed by atoms with E-state index in [0.717, 1.165) is 12.0 Å². The van der Waals surface area contributed by atoms with Gasteiger partial charge in [0.2, 0.25) is 11.9 Å². The molecule has 12 nitrogen and oxygen atoms in total. The number of fused-ring (bicyclic) bond motifs is 1. The van der Waals surface area contributed by atoms with Crippen LogP contribution in [0.3, 0.4) is 0 Å². The van der Waals surface area contributed by atoms with Crippen LogP contribution in [0.5, 0.6) is 5.75 Å². The van der Waals surface area contributed by atoms with Crippen molar-refractivity contribution in [3.63, 3.8) is 0 Å². The third-order valence-electron chi connectivity index (χ3n) is 9.34. The quantitative estimate of drug-likeness (QED) is 0.390. The number of carbonyl (C=O) groups is 2. The van der Waals surface area contributed by atoms with Crippen LogP contribution in [0.2, 0.25) is 0 Å². The Morgan fingerprint density at radius 2 is 1.82 bits per heavy atom. The van der Waals surface area contributed by atoms with E-state index >= 15 is 0 Å². The summed E-state index contributed by atoms with van der Waals surface area (Å²) in [6.45, 7) is 8.71. The molecular weight excluding hydrogens is 558 g/mol. The zero-order valence-electron chi connectivity index (χ0n) is 26.7. The number of anilines is 4. The summed E-state index contributed by atoms with van der Waals surface area (Å²) in [4.78, 5) is 39.8. The van der Waals surface area contributed by atoms with E-state index in [1.165, 1.54) is 84.8 Å². The molecule has 1 aromatic heterocycles. The summed E-state index contributed by atoms with van der Waals surface area (Å²) in [5.41, 5.74) is 9.87. The highest BCUT2D eigenvalue weighted by atomic mass is 16.5. The number of carbonyl (C=O) groups excluding carboxylic acids is 2. The number of benzene rings is 1. The standard InChI is InChI=1S/C18H23N7O3.C14H26N2/c1-5-12-17(27)24(3)13-9-21-18(23-16(13)25(12)20-2)22-11-7-6-10(15(19)26)8-14(11)28-4;1-2-4-14(5-3-1)16-10-8-15(9-11-16)12-13-6-7-13/h6-9,12,20H,5H2,1-4H3,(H2,19,26)(H,21,22,23);13-14H,1-12H2. The number of hydrogen-bond donors (Lipinski definition) is 3. The minimum absolute atomic E-state index is 0.0302. The Morgan fingerprint density at radius 1 is 1.09 bits per heavy atom. The average molecular weight is 608 g/mol. The predicted molar refractivity (Wildman–Crippen MR) is 173 cm³/mol. The molecule has 1 unspecified atom stereocenters. The number of hydrazine groups is 1. The fourth-order valence-electron chi connectivity index (χ4n) is 6.55. The van der Waals surface area contributed by atoms with Gasteiger partial charge in [0, 0.05) is 58.4 Å². The number of likely N-dealkylation sites (N-methyl/N-ethyl adjacent to an activating group) is 1. The van der Waals surface area contributed by atoms with E-state index < -0.39 is 5.91 Å². The minimum atomic E-state index is -0.544. The number of piperazine rings is 1. The number of amides is 2. The van der Waals surface area contributed by atoms with E-state index in [2.05, 4.69) is 30.5 Å². The van der Waals surface area contributed by atoms with Crippen LogP contribution in [0.15, 0.2) is 24.4 Å². The molecule has 44 heavy (non-hydrogen) atoms. The van der Waals surface area contributed by atoms with Crippen molar-refractivity contribution >= 4 is 35.0 Å². The Morgan fingerprint density at radius 3 is 2.43 bits per heavy atom. The first-order valence-corrected chi connectivity index (χ1v) is 16.1. The van der Waals surface area contributed by atoms with Crippen molar-refractivity contribution in [1.82, 2.24) is 25.2 Å². The van der Waals surface area contributed by atoms with E-state index in [0.29, 0.717) is 40.9 Å². The molecule has 12 heteroatoms. The van der Waals surface area contributed by atoms with Gasteiger partial charge in [0.1, 0.15) is 17.5 Å². The normalized spacial score (nSPS) is 21.4. The number of rotatable bonds is 9. The van der Waals surface area contributed by atoms with Crippen molar-refractivity contribution in [1.29, 1.82) is 0 Å². The number of methoxy groups -OCH3 is 1. The lowest BCUT2D eigenvalue weighted by Crippen LogP contribution is -2.56. The number of nitrogens with one attached hydrogen (secondary N) is 2. The van der Waals surface area contributed by atoms with Gasteiger partial charge in [0.05, 0.1) is 19.0 Å². The van der Waals surface area contributed by atoms with Crippen molar-refractivity contribution in [3.8, 4) is 5.75 Å². The Balaban J connectivity index is 0.000000201. The second-order valence-corrected chi connectivity index (χ2v) is 12.3. The molecule has 0 spiro atoms. The highest BCUT2D eigenvalue weighted by molar-refractivity contribution is 6.04. The van der Waals surface area contributed by atoms with Crippen LogP contribution in [-0.4, -0.2) is 97.6 Å². The first-order chi connectivity index (χ1) is 21.3. The molecular formula is C32H49N9O3. The van der Waals surface area contributed by atoms with Gasteiger partial charge in [-0.2, -0.15) is 4.98 Å². The van der Waals surface area contributed by atoms with E-state index in [1.54, 1.807) is 48.4 Å². The number of nitrogens with two attached hydrogens (primary N) is 1. The molecule has 2 aliphatic carbocycles. The molecule has 240 valence electrons. The maximum Gasteiger partial charge on any atom is 0.251 e. The SMILES string of the molecule is C1CCC(N2CCN(CC3CC3)CC2)CC1.CCC1C(=O)N(C)c2cnc(Nc3ccc(C(N)=O)cc3OC)nc2N1NC. The van der Waals surface area contributed by atoms with Crippen molar-refractivity contribution in [2.75, 3.05) is 69.2 Å². The van der Waals surface area contributed by atoms with Gasteiger partial charge in [-0.3, -0.25) is 19.5 Å². The first-order valence-electron chi connectivity index (χ1n) is 16.1. The molecule has 4 aliphatic rings. The molecule has 0 bridgehead atoms. The molecule has 3 fully saturated rings. The molecule has 6 rings (SSSR count). The fourth-order valence-corrected chi connectivity index (χ4v) is 6.55. The summed E-state index contributed by atoms with van der Waals surface area (Å²) in [7, 11) is 4.94. The fraction of sp³-hybridized carbons (Fsp3) is 0.625. The molecule has 2 aromatic rings. The van der Waals surface area contributed by atoms with E-state index in [-0.39, 0.29) is 11.9 Å². The van der Waals surface area contributed by atoms with Crippen molar-refractivity contribution in [3.05, 3.63) is 30.0 Å². The number of primary amides is 1. The van der Waals surface area contributed by atoms with Gasteiger partial charge in [0.15, 0.2) is 5.82 Å². The van der Waals surface area contributed by atoms with Crippen LogP contribution in [0.4, 0.5) is 23.1 Å². The molecule has 1 atom stereocenters. The number of ether oxygens (including phenoxy) is 1. The summed E-state index contributed by atoms with van der Waals surface area (Å²) in [6.07, 6.45) is 12.6. The van der Waals surface area contributed by atoms with Gasteiger partial charge in [-0.25, -0.2) is 10.4 Å². The Hall–Kier alpha value is -3.48. The summed E-state index contributed by atoms with van der Waals surface area (Å²) in [6, 6.07) is 5.38. The third kappa shape index (κ3) is 7.41. The zero-order valence-corrected chi connectivity index (χ0v) is 26.7. The molecule has 1 saturated heterocycles. The van der Waals surface area contributed by atoms with Crippen molar-refractivity contribution in [2.24, 2.45) is 11.7 Å². The maximum atomic E-state index is 12.6. The molecule has 4 N–H and O–H groups in total. The van der Waals surface area contributed by atoms with Crippen LogP contribution in [-0.2, 0) is 4.79 Å². The van der Waals surface area contributed by atoms with E-state index in [9.17, 15) is 9.59 Å². The van der Waals surface area contributed by atoms with Crippen LogP contribution < -0.4 is 31.1 Å². The van der Waals surface area contributed by atoms with Gasteiger partial charge in [-0.05, 0) is 56.2 Å².